The van der Waals surface area contributed by atoms with Crippen molar-refractivity contribution in [3.63, 3.8) is 0 Å². The molecule has 0 radical (unpaired) electrons. The predicted molar refractivity (Wildman–Crippen MR) is 118 cm³/mol. The van der Waals surface area contributed by atoms with Gasteiger partial charge in [0.2, 0.25) is 5.13 Å². The van der Waals surface area contributed by atoms with Gasteiger partial charge in [-0.1, -0.05) is 32.1 Å². The number of hydrogen-bond acceptors (Lipinski definition) is 8. The van der Waals surface area contributed by atoms with Crippen molar-refractivity contribution >= 4 is 39.4 Å². The minimum Gasteiger partial charge on any atom is -0.455 e. The van der Waals surface area contributed by atoms with Crippen molar-refractivity contribution in [2.45, 2.75) is 26.2 Å². The van der Waals surface area contributed by atoms with Crippen molar-refractivity contribution in [2.24, 2.45) is 0 Å². The molecular weight excluding hydrogens is 437 g/mol. The Morgan fingerprint density at radius 3 is 2.69 bits per heavy atom. The lowest BCUT2D eigenvalue weighted by molar-refractivity contribution is 0.262. The van der Waals surface area contributed by atoms with Crippen LogP contribution in [0.15, 0.2) is 41.5 Å². The van der Waals surface area contributed by atoms with Crippen molar-refractivity contribution in [3.05, 3.63) is 57.8 Å². The molecule has 0 aliphatic rings. The van der Waals surface area contributed by atoms with Gasteiger partial charge in [-0.05, 0) is 12.1 Å². The summed E-state index contributed by atoms with van der Waals surface area (Å²) in [6.07, 6.45) is 2.54. The molecule has 0 spiro atoms. The number of halogens is 1. The highest BCUT2D eigenvalue weighted by Crippen LogP contribution is 2.30. The molecule has 2 amide bonds. The van der Waals surface area contributed by atoms with Crippen LogP contribution in [0, 0.1) is 5.82 Å². The topological polar surface area (TPSA) is 135 Å². The Balaban J connectivity index is 1.46. The summed E-state index contributed by atoms with van der Waals surface area (Å²) in [7, 11) is 0. The molecule has 3 heterocycles. The third-order valence-electron chi connectivity index (χ3n) is 4.14. The Kier molecular flexibility index (Phi) is 5.53. The molecule has 0 saturated carbocycles. The second-order valence-corrected chi connectivity index (χ2v) is 8.72. The number of amides is 2. The summed E-state index contributed by atoms with van der Waals surface area (Å²) < 4.78 is 20.2. The Hall–Kier alpha value is -3.93. The molecule has 0 aliphatic heterocycles. The standard InChI is InChI=1S/C20H18FN7O3S/c1-20(2,3)17-27-28-19(32-17)26-18(30)24-12-5-4-10(8-11(12)21)31-13-6-7-22-16-15(13)23-9-14(29)25-16/h4-9H,1-3H3,(H,22,25,29)(H2,24,26,28,30). The van der Waals surface area contributed by atoms with Crippen molar-refractivity contribution in [3.8, 4) is 11.5 Å². The van der Waals surface area contributed by atoms with Gasteiger partial charge in [0.15, 0.2) is 11.4 Å². The SMILES string of the molecule is CC(C)(C)c1nnc(NC(=O)Nc2ccc(Oc3ccnc4[nH]c(=O)cnc34)cc2F)s1. The first kappa shape index (κ1) is 21.3. The van der Waals surface area contributed by atoms with Crippen LogP contribution in [-0.4, -0.2) is 31.2 Å². The molecule has 0 unspecified atom stereocenters. The Bertz CT molecular complexity index is 1360. The number of benzene rings is 1. The van der Waals surface area contributed by atoms with Gasteiger partial charge in [-0.2, -0.15) is 0 Å². The number of fused-ring (bicyclic) bond motifs is 1. The first-order valence-corrected chi connectivity index (χ1v) is 10.2. The summed E-state index contributed by atoms with van der Waals surface area (Å²) in [4.78, 5) is 34.2. The zero-order chi connectivity index (χ0) is 22.9. The number of nitrogens with zero attached hydrogens (tertiary/aromatic N) is 4. The minimum absolute atomic E-state index is 0.0440. The van der Waals surface area contributed by atoms with E-state index >= 15 is 0 Å². The fourth-order valence-corrected chi connectivity index (χ4v) is 3.42. The van der Waals surface area contributed by atoms with E-state index in [2.05, 4.69) is 35.8 Å². The van der Waals surface area contributed by atoms with E-state index in [-0.39, 0.29) is 28.2 Å². The third kappa shape index (κ3) is 4.70. The fraction of sp³-hybridized carbons (Fsp3) is 0.200. The lowest BCUT2D eigenvalue weighted by Crippen LogP contribution is -2.20. The molecule has 1 aromatic carbocycles. The van der Waals surface area contributed by atoms with Gasteiger partial charge >= 0.3 is 6.03 Å². The lowest BCUT2D eigenvalue weighted by Gasteiger charge is -2.12. The summed E-state index contributed by atoms with van der Waals surface area (Å²) >= 11 is 1.25. The average Bonchev–Trinajstić information content (AvgIpc) is 3.19. The first-order valence-electron chi connectivity index (χ1n) is 9.42. The average molecular weight is 455 g/mol. The van der Waals surface area contributed by atoms with Gasteiger partial charge in [-0.25, -0.2) is 19.2 Å². The fourth-order valence-electron chi connectivity index (χ4n) is 2.62. The number of H-pyrrole nitrogens is 1. The molecule has 4 aromatic rings. The number of carbonyl (C=O) groups excluding carboxylic acids is 1. The van der Waals surface area contributed by atoms with Gasteiger partial charge in [-0.3, -0.25) is 10.1 Å². The maximum absolute atomic E-state index is 14.6. The van der Waals surface area contributed by atoms with Crippen LogP contribution in [0.1, 0.15) is 25.8 Å². The first-order chi connectivity index (χ1) is 15.2. The normalized spacial score (nSPS) is 11.4. The number of aromatic amines is 1. The summed E-state index contributed by atoms with van der Waals surface area (Å²) in [6.45, 7) is 5.96. The molecular formula is C20H18FN7O3S. The lowest BCUT2D eigenvalue weighted by atomic mass is 9.98. The van der Waals surface area contributed by atoms with E-state index in [4.69, 9.17) is 4.74 Å². The highest BCUT2D eigenvalue weighted by molar-refractivity contribution is 7.15. The van der Waals surface area contributed by atoms with Crippen LogP contribution < -0.4 is 20.9 Å². The molecule has 0 atom stereocenters. The second kappa shape index (κ2) is 8.30. The van der Waals surface area contributed by atoms with Crippen LogP contribution in [0.5, 0.6) is 11.5 Å². The Morgan fingerprint density at radius 1 is 1.16 bits per heavy atom. The number of urea groups is 1. The monoisotopic (exact) mass is 455 g/mol. The smallest absolute Gasteiger partial charge is 0.325 e. The number of ether oxygens (including phenoxy) is 1. The molecule has 0 fully saturated rings. The van der Waals surface area contributed by atoms with Crippen molar-refractivity contribution in [2.75, 3.05) is 10.6 Å². The zero-order valence-electron chi connectivity index (χ0n) is 17.3. The molecule has 10 nitrogen and oxygen atoms in total. The molecule has 0 saturated heterocycles. The molecule has 4 rings (SSSR count). The number of pyridine rings is 1. The zero-order valence-corrected chi connectivity index (χ0v) is 18.1. The highest BCUT2D eigenvalue weighted by atomic mass is 32.1. The van der Waals surface area contributed by atoms with E-state index < -0.39 is 17.4 Å². The summed E-state index contributed by atoms with van der Waals surface area (Å²) in [6, 6.07) is 4.86. The quantitative estimate of drug-likeness (QED) is 0.423. The molecule has 12 heteroatoms. The van der Waals surface area contributed by atoms with Gasteiger partial charge in [0.25, 0.3) is 5.56 Å². The number of anilines is 2. The van der Waals surface area contributed by atoms with E-state index in [1.54, 1.807) is 6.07 Å². The minimum atomic E-state index is -0.704. The largest absolute Gasteiger partial charge is 0.455 e. The Morgan fingerprint density at radius 2 is 1.97 bits per heavy atom. The Labute approximate surface area is 184 Å². The van der Waals surface area contributed by atoms with E-state index in [0.717, 1.165) is 17.3 Å². The van der Waals surface area contributed by atoms with Crippen LogP contribution in [0.4, 0.5) is 20.0 Å². The van der Waals surface area contributed by atoms with Crippen LogP contribution >= 0.6 is 11.3 Å². The summed E-state index contributed by atoms with van der Waals surface area (Å²) in [5, 5.41) is 14.0. The second-order valence-electron chi connectivity index (χ2n) is 7.74. The molecule has 164 valence electrons. The van der Waals surface area contributed by atoms with Crippen molar-refractivity contribution in [1.82, 2.24) is 25.1 Å². The molecule has 0 aliphatic carbocycles. The number of aromatic nitrogens is 5. The number of nitrogens with one attached hydrogen (secondary N) is 3. The summed E-state index contributed by atoms with van der Waals surface area (Å²) in [5.74, 6) is -0.243. The molecule has 3 N–H and O–H groups in total. The van der Waals surface area contributed by atoms with E-state index in [1.807, 2.05) is 20.8 Å². The number of hydrogen-bond donors (Lipinski definition) is 3. The van der Waals surface area contributed by atoms with Gasteiger partial charge in [0.05, 0.1) is 11.9 Å². The number of rotatable bonds is 4. The van der Waals surface area contributed by atoms with E-state index in [9.17, 15) is 14.0 Å². The predicted octanol–water partition coefficient (Wildman–Crippen LogP) is 4.04. The van der Waals surface area contributed by atoms with Crippen molar-refractivity contribution in [1.29, 1.82) is 0 Å². The maximum atomic E-state index is 14.6. The van der Waals surface area contributed by atoms with Crippen molar-refractivity contribution < 1.29 is 13.9 Å². The van der Waals surface area contributed by atoms with Gasteiger partial charge in [0, 0.05) is 23.7 Å². The maximum Gasteiger partial charge on any atom is 0.325 e. The van der Waals surface area contributed by atoms with Gasteiger partial charge in [-0.15, -0.1) is 10.2 Å². The van der Waals surface area contributed by atoms with E-state index in [1.165, 1.54) is 29.7 Å². The third-order valence-corrected chi connectivity index (χ3v) is 5.41. The van der Waals surface area contributed by atoms with E-state index in [0.29, 0.717) is 10.6 Å². The van der Waals surface area contributed by atoms with Gasteiger partial charge < -0.3 is 15.0 Å². The van der Waals surface area contributed by atoms with Crippen LogP contribution in [0.2, 0.25) is 0 Å². The van der Waals surface area contributed by atoms with Gasteiger partial charge in [0.1, 0.15) is 22.1 Å². The van der Waals surface area contributed by atoms with Crippen LogP contribution in [0.25, 0.3) is 11.2 Å². The number of carbonyl (C=O) groups is 1. The summed E-state index contributed by atoms with van der Waals surface area (Å²) in [5.41, 5.74) is -0.0685. The molecule has 3 aromatic heterocycles. The van der Waals surface area contributed by atoms with Crippen LogP contribution in [-0.2, 0) is 5.41 Å². The highest BCUT2D eigenvalue weighted by Gasteiger charge is 2.20. The van der Waals surface area contributed by atoms with Crippen LogP contribution in [0.3, 0.4) is 0 Å². The molecule has 0 bridgehead atoms. The molecule has 32 heavy (non-hydrogen) atoms.